The second-order valence-electron chi connectivity index (χ2n) is 6.69. The molecule has 0 aliphatic heterocycles. The first kappa shape index (κ1) is 17.9. The van der Waals surface area contributed by atoms with E-state index in [1.54, 1.807) is 23.7 Å². The standard InChI is InChI=1S/C20H13N5O2S3/c1-10(29-19-23-24-20-25(19)12-5-2-3-7-14(12)30-20)16-21-17(26)15-11(9-28-18(15)22-16)13-6-4-8-27-13/h2-10H,1H3,(H,21,22,26). The van der Waals surface area contributed by atoms with Crippen molar-refractivity contribution in [2.45, 2.75) is 17.3 Å². The van der Waals surface area contributed by atoms with Crippen LogP contribution in [-0.2, 0) is 0 Å². The van der Waals surface area contributed by atoms with E-state index in [1.807, 2.05) is 30.5 Å². The number of furan rings is 1. The third kappa shape index (κ3) is 2.72. The molecule has 7 nitrogen and oxygen atoms in total. The number of fused-ring (bicyclic) bond motifs is 4. The van der Waals surface area contributed by atoms with E-state index in [9.17, 15) is 4.79 Å². The Kier molecular flexibility index (Phi) is 4.05. The highest BCUT2D eigenvalue weighted by atomic mass is 32.2. The molecular formula is C20H13N5O2S3. The van der Waals surface area contributed by atoms with Crippen LogP contribution in [0.4, 0.5) is 0 Å². The Morgan fingerprint density at radius 3 is 2.97 bits per heavy atom. The van der Waals surface area contributed by atoms with Gasteiger partial charge in [-0.3, -0.25) is 9.20 Å². The number of nitrogens with one attached hydrogen (secondary N) is 1. The van der Waals surface area contributed by atoms with Gasteiger partial charge in [-0.15, -0.1) is 21.5 Å². The summed E-state index contributed by atoms with van der Waals surface area (Å²) in [5.41, 5.74) is 1.68. The van der Waals surface area contributed by atoms with Gasteiger partial charge in [-0.05, 0) is 31.2 Å². The molecule has 0 aliphatic rings. The molecule has 1 unspecified atom stereocenters. The van der Waals surface area contributed by atoms with Crippen LogP contribution in [0.15, 0.2) is 62.4 Å². The molecule has 0 fully saturated rings. The Morgan fingerprint density at radius 2 is 2.10 bits per heavy atom. The van der Waals surface area contributed by atoms with Crippen molar-refractivity contribution < 1.29 is 4.42 Å². The molecule has 0 radical (unpaired) electrons. The van der Waals surface area contributed by atoms with Crippen molar-refractivity contribution in [2.24, 2.45) is 0 Å². The quantitative estimate of drug-likeness (QED) is 0.363. The van der Waals surface area contributed by atoms with E-state index in [0.29, 0.717) is 21.8 Å². The second-order valence-corrected chi connectivity index (χ2v) is 9.86. The van der Waals surface area contributed by atoms with Crippen LogP contribution in [0, 0.1) is 0 Å². The zero-order valence-corrected chi connectivity index (χ0v) is 18.0. The Hall–Kier alpha value is -2.95. The summed E-state index contributed by atoms with van der Waals surface area (Å²) >= 11 is 4.57. The van der Waals surface area contributed by atoms with Gasteiger partial charge in [-0.1, -0.05) is 35.2 Å². The Morgan fingerprint density at radius 1 is 1.20 bits per heavy atom. The maximum absolute atomic E-state index is 12.9. The molecule has 148 valence electrons. The van der Waals surface area contributed by atoms with Crippen LogP contribution in [0.2, 0.25) is 0 Å². The Bertz CT molecular complexity index is 1570. The summed E-state index contributed by atoms with van der Waals surface area (Å²) in [6.07, 6.45) is 1.60. The lowest BCUT2D eigenvalue weighted by molar-refractivity contribution is 0.583. The van der Waals surface area contributed by atoms with Gasteiger partial charge in [-0.25, -0.2) is 4.98 Å². The molecule has 5 heterocycles. The van der Waals surface area contributed by atoms with E-state index in [-0.39, 0.29) is 10.8 Å². The number of hydrogen-bond acceptors (Lipinski definition) is 8. The minimum Gasteiger partial charge on any atom is -0.464 e. The van der Waals surface area contributed by atoms with Gasteiger partial charge in [0.25, 0.3) is 5.56 Å². The lowest BCUT2D eigenvalue weighted by Crippen LogP contribution is -2.12. The van der Waals surface area contributed by atoms with Gasteiger partial charge < -0.3 is 9.40 Å². The van der Waals surface area contributed by atoms with E-state index < -0.39 is 0 Å². The van der Waals surface area contributed by atoms with Gasteiger partial charge in [0.15, 0.2) is 5.16 Å². The maximum Gasteiger partial charge on any atom is 0.260 e. The van der Waals surface area contributed by atoms with Gasteiger partial charge in [0.1, 0.15) is 16.4 Å². The van der Waals surface area contributed by atoms with Crippen molar-refractivity contribution in [3.05, 3.63) is 64.2 Å². The van der Waals surface area contributed by atoms with Crippen molar-refractivity contribution in [1.29, 1.82) is 0 Å². The lowest BCUT2D eigenvalue weighted by Gasteiger charge is -2.09. The fourth-order valence-electron chi connectivity index (χ4n) is 3.42. The highest BCUT2D eigenvalue weighted by Gasteiger charge is 2.20. The van der Waals surface area contributed by atoms with Gasteiger partial charge >= 0.3 is 0 Å². The monoisotopic (exact) mass is 451 g/mol. The van der Waals surface area contributed by atoms with Crippen LogP contribution in [0.5, 0.6) is 0 Å². The average Bonchev–Trinajstić information content (AvgIpc) is 3.52. The number of benzene rings is 1. The minimum atomic E-state index is -0.164. The first-order valence-corrected chi connectivity index (χ1v) is 11.7. The van der Waals surface area contributed by atoms with E-state index >= 15 is 0 Å². The number of hydrogen-bond donors (Lipinski definition) is 1. The van der Waals surface area contributed by atoms with Crippen LogP contribution in [0.1, 0.15) is 18.0 Å². The van der Waals surface area contributed by atoms with Gasteiger partial charge in [0.05, 0.1) is 27.1 Å². The molecule has 1 N–H and O–H groups in total. The normalized spacial score (nSPS) is 13.0. The predicted octanol–water partition coefficient (Wildman–Crippen LogP) is 5.36. The van der Waals surface area contributed by atoms with E-state index in [1.165, 1.54) is 23.1 Å². The molecule has 1 aromatic carbocycles. The number of para-hydroxylation sites is 1. The summed E-state index contributed by atoms with van der Waals surface area (Å²) < 4.78 is 8.68. The van der Waals surface area contributed by atoms with Crippen molar-refractivity contribution in [3.8, 4) is 11.3 Å². The van der Waals surface area contributed by atoms with E-state index in [2.05, 4.69) is 31.7 Å². The summed E-state index contributed by atoms with van der Waals surface area (Å²) in [7, 11) is 0. The van der Waals surface area contributed by atoms with Crippen LogP contribution < -0.4 is 5.56 Å². The summed E-state index contributed by atoms with van der Waals surface area (Å²) in [6.45, 7) is 2.01. The number of thiophene rings is 1. The molecule has 5 aromatic heterocycles. The molecule has 0 aliphatic carbocycles. The second kappa shape index (κ2) is 6.79. The number of thioether (sulfide) groups is 1. The van der Waals surface area contributed by atoms with Crippen molar-refractivity contribution >= 4 is 59.8 Å². The highest BCUT2D eigenvalue weighted by Crippen LogP contribution is 2.37. The molecular weight excluding hydrogens is 438 g/mol. The molecule has 0 bridgehead atoms. The molecule has 6 aromatic rings. The van der Waals surface area contributed by atoms with Crippen molar-refractivity contribution in [1.82, 2.24) is 24.6 Å². The number of H-pyrrole nitrogens is 1. The fraction of sp³-hybridized carbons (Fsp3) is 0.100. The molecule has 0 spiro atoms. The smallest absolute Gasteiger partial charge is 0.260 e. The van der Waals surface area contributed by atoms with Crippen LogP contribution >= 0.6 is 34.4 Å². The van der Waals surface area contributed by atoms with Gasteiger partial charge in [0.2, 0.25) is 4.96 Å². The third-order valence-electron chi connectivity index (χ3n) is 4.83. The summed E-state index contributed by atoms with van der Waals surface area (Å²) in [4.78, 5) is 22.1. The zero-order valence-electron chi connectivity index (χ0n) is 15.5. The first-order chi connectivity index (χ1) is 14.7. The average molecular weight is 452 g/mol. The van der Waals surface area contributed by atoms with E-state index in [0.717, 1.165) is 25.9 Å². The molecule has 10 heteroatoms. The Labute approximate surface area is 181 Å². The van der Waals surface area contributed by atoms with Crippen molar-refractivity contribution in [3.63, 3.8) is 0 Å². The third-order valence-corrected chi connectivity index (χ3v) is 7.76. The largest absolute Gasteiger partial charge is 0.464 e. The van der Waals surface area contributed by atoms with Gasteiger partial charge in [-0.2, -0.15) is 0 Å². The zero-order chi connectivity index (χ0) is 20.2. The number of rotatable bonds is 4. The predicted molar refractivity (Wildman–Crippen MR) is 121 cm³/mol. The van der Waals surface area contributed by atoms with Crippen LogP contribution in [0.3, 0.4) is 0 Å². The van der Waals surface area contributed by atoms with Crippen LogP contribution in [0.25, 0.3) is 36.7 Å². The molecule has 0 amide bonds. The summed E-state index contributed by atoms with van der Waals surface area (Å²) in [5, 5.41) is 11.8. The Balaban J connectivity index is 1.40. The molecule has 6 rings (SSSR count). The SMILES string of the molecule is CC(Sc1nnc2sc3ccccc3n12)c1nc2scc(-c3ccco3)c2c(=O)[nH]1. The maximum atomic E-state index is 12.9. The number of nitrogens with zero attached hydrogens (tertiary/aromatic N) is 4. The first-order valence-electron chi connectivity index (χ1n) is 9.13. The number of aromatic amines is 1. The fourth-order valence-corrected chi connectivity index (χ4v) is 6.29. The molecule has 1 atom stereocenters. The van der Waals surface area contributed by atoms with Crippen molar-refractivity contribution in [2.75, 3.05) is 0 Å². The minimum absolute atomic E-state index is 0.109. The molecule has 0 saturated heterocycles. The lowest BCUT2D eigenvalue weighted by atomic mass is 10.2. The van der Waals surface area contributed by atoms with Crippen LogP contribution in [-0.4, -0.2) is 24.6 Å². The molecule has 0 saturated carbocycles. The number of thiazole rings is 1. The van der Waals surface area contributed by atoms with Gasteiger partial charge in [0, 0.05) is 10.9 Å². The molecule has 30 heavy (non-hydrogen) atoms. The topological polar surface area (TPSA) is 89.1 Å². The summed E-state index contributed by atoms with van der Waals surface area (Å²) in [6, 6.07) is 11.8. The number of aromatic nitrogens is 5. The highest BCUT2D eigenvalue weighted by molar-refractivity contribution is 7.99. The summed E-state index contributed by atoms with van der Waals surface area (Å²) in [5.74, 6) is 1.28. The van der Waals surface area contributed by atoms with E-state index in [4.69, 9.17) is 9.40 Å².